The molecular formula is C14H24N2O4S. The van der Waals surface area contributed by atoms with Gasteiger partial charge in [-0.05, 0) is 12.8 Å². The Morgan fingerprint density at radius 3 is 2.57 bits per heavy atom. The number of ether oxygens (including phenoxy) is 1. The van der Waals surface area contributed by atoms with Gasteiger partial charge in [-0.3, -0.25) is 4.79 Å². The number of rotatable bonds is 4. The Morgan fingerprint density at radius 2 is 1.95 bits per heavy atom. The van der Waals surface area contributed by atoms with E-state index in [-0.39, 0.29) is 25.2 Å². The van der Waals surface area contributed by atoms with Crippen LogP contribution in [0.5, 0.6) is 0 Å². The van der Waals surface area contributed by atoms with Crippen LogP contribution in [0.1, 0.15) is 26.2 Å². The summed E-state index contributed by atoms with van der Waals surface area (Å²) in [6, 6.07) is 0.145. The zero-order valence-corrected chi connectivity index (χ0v) is 13.3. The fraction of sp³-hybridized carbons (Fsp3) is 0.857. The first-order valence-electron chi connectivity index (χ1n) is 7.55. The molecule has 0 aromatic rings. The van der Waals surface area contributed by atoms with E-state index < -0.39 is 5.97 Å². The molecule has 0 aliphatic carbocycles. The van der Waals surface area contributed by atoms with Gasteiger partial charge in [-0.15, -0.1) is 0 Å². The Hall–Kier alpha value is -0.950. The van der Waals surface area contributed by atoms with E-state index in [0.717, 1.165) is 31.7 Å². The third-order valence-corrected chi connectivity index (χ3v) is 5.03. The van der Waals surface area contributed by atoms with E-state index in [1.165, 1.54) is 0 Å². The summed E-state index contributed by atoms with van der Waals surface area (Å²) in [6.45, 7) is 5.49. The number of thioether (sulfide) groups is 1. The quantitative estimate of drug-likeness (QED) is 0.851. The van der Waals surface area contributed by atoms with Crippen LogP contribution in [0.4, 0.5) is 4.79 Å². The van der Waals surface area contributed by atoms with E-state index in [0.29, 0.717) is 18.3 Å². The first kappa shape index (κ1) is 16.4. The molecule has 0 spiro atoms. The van der Waals surface area contributed by atoms with Crippen molar-refractivity contribution in [2.24, 2.45) is 0 Å². The molecule has 0 radical (unpaired) electrons. The van der Waals surface area contributed by atoms with E-state index in [1.807, 2.05) is 21.6 Å². The monoisotopic (exact) mass is 316 g/mol. The van der Waals surface area contributed by atoms with Gasteiger partial charge < -0.3 is 19.6 Å². The van der Waals surface area contributed by atoms with Gasteiger partial charge in [0, 0.05) is 37.2 Å². The molecular weight excluding hydrogens is 292 g/mol. The maximum absolute atomic E-state index is 12.4. The van der Waals surface area contributed by atoms with Crippen LogP contribution in [0.2, 0.25) is 0 Å². The molecule has 7 heteroatoms. The number of hydrogen-bond acceptors (Lipinski definition) is 4. The topological polar surface area (TPSA) is 70.1 Å². The number of carbonyl (C=O) groups excluding carboxylic acids is 1. The van der Waals surface area contributed by atoms with Gasteiger partial charge in [0.05, 0.1) is 19.1 Å². The molecule has 1 unspecified atom stereocenters. The van der Waals surface area contributed by atoms with Gasteiger partial charge in [0.15, 0.2) is 0 Å². The van der Waals surface area contributed by atoms with Crippen molar-refractivity contribution in [1.29, 1.82) is 0 Å². The SMILES string of the molecule is CC1CN(C(=O)N2CCC(OCCC(=O)O)CC2)CCS1. The molecule has 21 heavy (non-hydrogen) atoms. The van der Waals surface area contributed by atoms with Gasteiger partial charge >= 0.3 is 12.0 Å². The molecule has 2 saturated heterocycles. The first-order chi connectivity index (χ1) is 10.1. The van der Waals surface area contributed by atoms with Crippen LogP contribution in [-0.4, -0.2) is 76.8 Å². The third kappa shape index (κ3) is 5.07. The van der Waals surface area contributed by atoms with Crippen molar-refractivity contribution in [2.45, 2.75) is 37.5 Å². The normalized spacial score (nSPS) is 24.1. The van der Waals surface area contributed by atoms with Crippen molar-refractivity contribution in [3.05, 3.63) is 0 Å². The molecule has 2 rings (SSSR count). The standard InChI is InChI=1S/C14H24N2O4S/c1-11-10-16(7-9-21-11)14(19)15-5-2-12(3-6-15)20-8-4-13(17)18/h11-12H,2-10H2,1H3,(H,17,18). The summed E-state index contributed by atoms with van der Waals surface area (Å²) < 4.78 is 5.55. The molecule has 1 atom stereocenters. The minimum Gasteiger partial charge on any atom is -0.481 e. The lowest BCUT2D eigenvalue weighted by atomic mass is 10.1. The van der Waals surface area contributed by atoms with Crippen LogP contribution < -0.4 is 0 Å². The first-order valence-corrected chi connectivity index (χ1v) is 8.60. The lowest BCUT2D eigenvalue weighted by molar-refractivity contribution is -0.138. The predicted octanol–water partition coefficient (Wildman–Crippen LogP) is 1.50. The van der Waals surface area contributed by atoms with E-state index in [4.69, 9.17) is 9.84 Å². The van der Waals surface area contributed by atoms with Gasteiger partial charge in [-0.2, -0.15) is 11.8 Å². The number of piperidine rings is 1. The number of nitrogens with zero attached hydrogens (tertiary/aromatic N) is 2. The average Bonchev–Trinajstić information content (AvgIpc) is 2.47. The molecule has 120 valence electrons. The average molecular weight is 316 g/mol. The Bertz CT molecular complexity index is 372. The van der Waals surface area contributed by atoms with Crippen LogP contribution >= 0.6 is 11.8 Å². The zero-order chi connectivity index (χ0) is 15.2. The van der Waals surface area contributed by atoms with E-state index >= 15 is 0 Å². The second-order valence-corrected chi connectivity index (χ2v) is 7.16. The molecule has 2 aliphatic rings. The van der Waals surface area contributed by atoms with Crippen molar-refractivity contribution in [3.8, 4) is 0 Å². The van der Waals surface area contributed by atoms with Crippen LogP contribution in [0.3, 0.4) is 0 Å². The minimum atomic E-state index is -0.834. The van der Waals surface area contributed by atoms with Gasteiger partial charge in [0.2, 0.25) is 0 Å². The molecule has 2 aliphatic heterocycles. The highest BCUT2D eigenvalue weighted by molar-refractivity contribution is 7.99. The van der Waals surface area contributed by atoms with E-state index in [2.05, 4.69) is 6.92 Å². The summed E-state index contributed by atoms with van der Waals surface area (Å²) in [5.41, 5.74) is 0. The van der Waals surface area contributed by atoms with Crippen LogP contribution in [0.25, 0.3) is 0 Å². The molecule has 1 N–H and O–H groups in total. The van der Waals surface area contributed by atoms with Crippen molar-refractivity contribution >= 4 is 23.8 Å². The second-order valence-electron chi connectivity index (χ2n) is 5.61. The smallest absolute Gasteiger partial charge is 0.320 e. The molecule has 0 saturated carbocycles. The molecule has 2 fully saturated rings. The van der Waals surface area contributed by atoms with Gasteiger partial charge in [0.25, 0.3) is 0 Å². The maximum Gasteiger partial charge on any atom is 0.320 e. The summed E-state index contributed by atoms with van der Waals surface area (Å²) >= 11 is 1.92. The summed E-state index contributed by atoms with van der Waals surface area (Å²) in [5, 5.41) is 9.10. The molecule has 6 nitrogen and oxygen atoms in total. The Kier molecular flexibility index (Phi) is 6.17. The van der Waals surface area contributed by atoms with Crippen LogP contribution in [-0.2, 0) is 9.53 Å². The fourth-order valence-electron chi connectivity index (χ4n) is 2.72. The Labute approximate surface area is 129 Å². The molecule has 2 heterocycles. The molecule has 0 aromatic carbocycles. The maximum atomic E-state index is 12.4. The highest BCUT2D eigenvalue weighted by Gasteiger charge is 2.29. The summed E-state index contributed by atoms with van der Waals surface area (Å²) in [5.74, 6) is 0.182. The largest absolute Gasteiger partial charge is 0.481 e. The predicted molar refractivity (Wildman–Crippen MR) is 81.7 cm³/mol. The summed E-state index contributed by atoms with van der Waals surface area (Å²) in [6.07, 6.45) is 1.72. The second kappa shape index (κ2) is 7.89. The zero-order valence-electron chi connectivity index (χ0n) is 12.5. The number of carboxylic acid groups (broad SMARTS) is 1. The molecule has 0 aromatic heterocycles. The summed E-state index contributed by atoms with van der Waals surface area (Å²) in [4.78, 5) is 26.7. The van der Waals surface area contributed by atoms with Crippen molar-refractivity contribution in [2.75, 3.05) is 38.5 Å². The number of carbonyl (C=O) groups is 2. The highest BCUT2D eigenvalue weighted by atomic mass is 32.2. The number of likely N-dealkylation sites (tertiary alicyclic amines) is 1. The fourth-order valence-corrected chi connectivity index (χ4v) is 3.73. The van der Waals surface area contributed by atoms with Crippen molar-refractivity contribution in [1.82, 2.24) is 9.80 Å². The van der Waals surface area contributed by atoms with Crippen LogP contribution in [0, 0.1) is 0 Å². The van der Waals surface area contributed by atoms with Crippen molar-refractivity contribution < 1.29 is 19.4 Å². The van der Waals surface area contributed by atoms with Gasteiger partial charge in [0.1, 0.15) is 0 Å². The lowest BCUT2D eigenvalue weighted by Crippen LogP contribution is -2.51. The number of carboxylic acids is 1. The Balaban J connectivity index is 1.70. The number of amides is 2. The minimum absolute atomic E-state index is 0.0441. The van der Waals surface area contributed by atoms with Crippen molar-refractivity contribution in [3.63, 3.8) is 0 Å². The van der Waals surface area contributed by atoms with Gasteiger partial charge in [-0.25, -0.2) is 4.79 Å². The number of urea groups is 1. The number of aliphatic carboxylic acids is 1. The van der Waals surface area contributed by atoms with Gasteiger partial charge in [-0.1, -0.05) is 6.92 Å². The molecule has 2 amide bonds. The molecule has 0 bridgehead atoms. The highest BCUT2D eigenvalue weighted by Crippen LogP contribution is 2.21. The van der Waals surface area contributed by atoms with Crippen LogP contribution in [0.15, 0.2) is 0 Å². The number of hydrogen-bond donors (Lipinski definition) is 1. The summed E-state index contributed by atoms with van der Waals surface area (Å²) in [7, 11) is 0. The van der Waals surface area contributed by atoms with E-state index in [9.17, 15) is 9.59 Å². The lowest BCUT2D eigenvalue weighted by Gasteiger charge is -2.38. The third-order valence-electron chi connectivity index (χ3n) is 3.89. The van der Waals surface area contributed by atoms with E-state index in [1.54, 1.807) is 0 Å². The Morgan fingerprint density at radius 1 is 1.24 bits per heavy atom.